The molecule has 1 amide bonds. The van der Waals surface area contributed by atoms with E-state index in [1.54, 1.807) is 4.90 Å². The van der Waals surface area contributed by atoms with Crippen LogP contribution in [0.5, 0.6) is 0 Å². The van der Waals surface area contributed by atoms with E-state index in [2.05, 4.69) is 10.2 Å². The Morgan fingerprint density at radius 1 is 1.81 bits per heavy atom. The lowest BCUT2D eigenvalue weighted by Gasteiger charge is -2.24. The number of rotatable bonds is 2. The summed E-state index contributed by atoms with van der Waals surface area (Å²) in [5.41, 5.74) is 5.98. The van der Waals surface area contributed by atoms with E-state index in [-0.39, 0.29) is 24.4 Å². The van der Waals surface area contributed by atoms with Crippen molar-refractivity contribution in [3.05, 3.63) is 11.8 Å². The zero-order chi connectivity index (χ0) is 11.7. The number of hydrogen-bond donors (Lipinski definition) is 3. The molecule has 2 unspecified atom stereocenters. The van der Waals surface area contributed by atoms with Gasteiger partial charge in [-0.05, 0) is 12.3 Å². The molecule has 1 aliphatic heterocycles. The van der Waals surface area contributed by atoms with Crippen molar-refractivity contribution in [1.82, 2.24) is 15.1 Å². The van der Waals surface area contributed by atoms with Gasteiger partial charge in [0.1, 0.15) is 11.4 Å². The van der Waals surface area contributed by atoms with Crippen LogP contribution in [0.1, 0.15) is 23.7 Å². The maximum absolute atomic E-state index is 12.1. The van der Waals surface area contributed by atoms with Crippen molar-refractivity contribution in [2.45, 2.75) is 19.4 Å². The summed E-state index contributed by atoms with van der Waals surface area (Å²) in [5.74, 6) is 0.443. The molecule has 0 saturated carbocycles. The second kappa shape index (κ2) is 4.13. The summed E-state index contributed by atoms with van der Waals surface area (Å²) in [7, 11) is 0. The number of aromatic amines is 1. The summed E-state index contributed by atoms with van der Waals surface area (Å²) in [5, 5.41) is 15.5. The maximum atomic E-state index is 12.1. The predicted octanol–water partition coefficient (Wildman–Crippen LogP) is -0.165. The number of nitrogens with zero attached hydrogens (tertiary/aromatic N) is 2. The molecule has 1 aromatic rings. The zero-order valence-corrected chi connectivity index (χ0v) is 9.18. The Hall–Kier alpha value is -1.56. The minimum absolute atomic E-state index is 0.00926. The van der Waals surface area contributed by atoms with Gasteiger partial charge in [-0.2, -0.15) is 5.10 Å². The van der Waals surface area contributed by atoms with Gasteiger partial charge in [-0.25, -0.2) is 0 Å². The summed E-state index contributed by atoms with van der Waals surface area (Å²) < 4.78 is 0. The fraction of sp³-hybridized carbons (Fsp3) is 0.600. The van der Waals surface area contributed by atoms with Gasteiger partial charge >= 0.3 is 0 Å². The van der Waals surface area contributed by atoms with Crippen LogP contribution in [0.25, 0.3) is 0 Å². The van der Waals surface area contributed by atoms with Gasteiger partial charge in [-0.1, -0.05) is 6.92 Å². The third-order valence-corrected chi connectivity index (χ3v) is 3.23. The number of hydrogen-bond acceptors (Lipinski definition) is 4. The molecular formula is C10H16N4O2. The summed E-state index contributed by atoms with van der Waals surface area (Å²) >= 11 is 0. The van der Waals surface area contributed by atoms with E-state index in [0.717, 1.165) is 6.42 Å². The molecule has 6 nitrogen and oxygen atoms in total. The molecular weight excluding hydrogens is 208 g/mol. The number of carbonyl (C=O) groups excluding carboxylic acids is 1. The van der Waals surface area contributed by atoms with Gasteiger partial charge in [0, 0.05) is 6.54 Å². The number of anilines is 1. The standard InChI is InChI=1S/C10H16N4O2/c1-6-2-3-14(8(6)5-15)10(16)7-4-12-13-9(7)11/h4,6,8,15H,2-3,5H2,1H3,(H3,11,12,13). The molecule has 0 spiro atoms. The fourth-order valence-electron chi connectivity index (χ4n) is 2.16. The van der Waals surface area contributed by atoms with Crippen LogP contribution >= 0.6 is 0 Å². The largest absolute Gasteiger partial charge is 0.394 e. The Labute approximate surface area is 93.4 Å². The molecule has 0 aromatic carbocycles. The summed E-state index contributed by atoms with van der Waals surface area (Å²) in [4.78, 5) is 13.8. The van der Waals surface area contributed by atoms with Crippen molar-refractivity contribution >= 4 is 11.7 Å². The quantitative estimate of drug-likeness (QED) is 0.650. The van der Waals surface area contributed by atoms with E-state index in [4.69, 9.17) is 5.73 Å². The monoisotopic (exact) mass is 224 g/mol. The van der Waals surface area contributed by atoms with Crippen LogP contribution < -0.4 is 5.73 Å². The van der Waals surface area contributed by atoms with E-state index in [1.807, 2.05) is 6.92 Å². The molecule has 0 bridgehead atoms. The normalized spacial score (nSPS) is 25.0. The molecule has 6 heteroatoms. The van der Waals surface area contributed by atoms with Crippen LogP contribution in [-0.2, 0) is 0 Å². The highest BCUT2D eigenvalue weighted by molar-refractivity contribution is 5.98. The average molecular weight is 224 g/mol. The van der Waals surface area contributed by atoms with Gasteiger partial charge in [0.15, 0.2) is 0 Å². The van der Waals surface area contributed by atoms with Gasteiger partial charge in [0.25, 0.3) is 5.91 Å². The number of nitrogens with one attached hydrogen (secondary N) is 1. The lowest BCUT2D eigenvalue weighted by molar-refractivity contribution is 0.0649. The van der Waals surface area contributed by atoms with Gasteiger partial charge in [-0.15, -0.1) is 0 Å². The molecule has 16 heavy (non-hydrogen) atoms. The number of likely N-dealkylation sites (tertiary alicyclic amines) is 1. The van der Waals surface area contributed by atoms with Crippen LogP contribution in [0.4, 0.5) is 5.82 Å². The average Bonchev–Trinajstić information content (AvgIpc) is 2.83. The topological polar surface area (TPSA) is 95.2 Å². The Morgan fingerprint density at radius 3 is 3.12 bits per heavy atom. The van der Waals surface area contributed by atoms with Crippen molar-refractivity contribution < 1.29 is 9.90 Å². The summed E-state index contributed by atoms with van der Waals surface area (Å²) in [6.07, 6.45) is 2.34. The Morgan fingerprint density at radius 2 is 2.56 bits per heavy atom. The maximum Gasteiger partial charge on any atom is 0.259 e. The molecule has 2 atom stereocenters. The fourth-order valence-corrected chi connectivity index (χ4v) is 2.16. The van der Waals surface area contributed by atoms with Crippen LogP contribution in [-0.4, -0.2) is 45.3 Å². The summed E-state index contributed by atoms with van der Waals surface area (Å²) in [6, 6.07) is -0.109. The molecule has 0 radical (unpaired) electrons. The van der Waals surface area contributed by atoms with Crippen LogP contribution in [0.3, 0.4) is 0 Å². The molecule has 1 aromatic heterocycles. The number of carbonyl (C=O) groups is 1. The van der Waals surface area contributed by atoms with E-state index in [0.29, 0.717) is 18.0 Å². The lowest BCUT2D eigenvalue weighted by atomic mass is 10.0. The molecule has 4 N–H and O–H groups in total. The number of amides is 1. The number of nitrogens with two attached hydrogens (primary N) is 1. The first-order valence-corrected chi connectivity index (χ1v) is 5.35. The second-order valence-electron chi connectivity index (χ2n) is 4.21. The highest BCUT2D eigenvalue weighted by Gasteiger charge is 2.35. The molecule has 1 fully saturated rings. The molecule has 1 aliphatic rings. The number of aliphatic hydroxyl groups excluding tert-OH is 1. The van der Waals surface area contributed by atoms with Crippen molar-refractivity contribution in [2.24, 2.45) is 5.92 Å². The van der Waals surface area contributed by atoms with E-state index in [9.17, 15) is 9.90 Å². The van der Waals surface area contributed by atoms with Crippen molar-refractivity contribution in [2.75, 3.05) is 18.9 Å². The Bertz CT molecular complexity index is 390. The Kier molecular flexibility index (Phi) is 2.82. The first-order chi connectivity index (χ1) is 7.65. The highest BCUT2D eigenvalue weighted by atomic mass is 16.3. The van der Waals surface area contributed by atoms with E-state index in [1.165, 1.54) is 6.20 Å². The van der Waals surface area contributed by atoms with Crippen LogP contribution in [0.15, 0.2) is 6.20 Å². The van der Waals surface area contributed by atoms with Gasteiger partial charge in [-0.3, -0.25) is 9.89 Å². The number of aliphatic hydroxyl groups is 1. The molecule has 1 saturated heterocycles. The number of nitrogen functional groups attached to an aromatic ring is 1. The lowest BCUT2D eigenvalue weighted by Crippen LogP contribution is -2.39. The number of H-pyrrole nitrogens is 1. The second-order valence-corrected chi connectivity index (χ2v) is 4.21. The molecule has 2 heterocycles. The van der Waals surface area contributed by atoms with Crippen molar-refractivity contribution in [3.63, 3.8) is 0 Å². The molecule has 0 aliphatic carbocycles. The van der Waals surface area contributed by atoms with E-state index >= 15 is 0 Å². The zero-order valence-electron chi connectivity index (χ0n) is 9.18. The highest BCUT2D eigenvalue weighted by Crippen LogP contribution is 2.26. The summed E-state index contributed by atoms with van der Waals surface area (Å²) in [6.45, 7) is 2.69. The van der Waals surface area contributed by atoms with E-state index < -0.39 is 0 Å². The SMILES string of the molecule is CC1CCN(C(=O)c2cn[nH]c2N)C1CO. The Balaban J connectivity index is 2.20. The molecule has 88 valence electrons. The number of aromatic nitrogens is 2. The van der Waals surface area contributed by atoms with Crippen molar-refractivity contribution in [3.8, 4) is 0 Å². The smallest absolute Gasteiger partial charge is 0.259 e. The van der Waals surface area contributed by atoms with Gasteiger partial charge in [0.05, 0.1) is 18.8 Å². The van der Waals surface area contributed by atoms with Gasteiger partial charge < -0.3 is 15.7 Å². The molecule has 2 rings (SSSR count). The van der Waals surface area contributed by atoms with Crippen LogP contribution in [0, 0.1) is 5.92 Å². The van der Waals surface area contributed by atoms with Crippen LogP contribution in [0.2, 0.25) is 0 Å². The first-order valence-electron chi connectivity index (χ1n) is 5.35. The third-order valence-electron chi connectivity index (χ3n) is 3.23. The minimum atomic E-state index is -0.158. The van der Waals surface area contributed by atoms with Crippen molar-refractivity contribution in [1.29, 1.82) is 0 Å². The third kappa shape index (κ3) is 1.65. The minimum Gasteiger partial charge on any atom is -0.394 e. The first kappa shape index (κ1) is 10.9. The predicted molar refractivity (Wildman–Crippen MR) is 58.7 cm³/mol. The van der Waals surface area contributed by atoms with Gasteiger partial charge in [0.2, 0.25) is 0 Å².